The van der Waals surface area contributed by atoms with Gasteiger partial charge in [-0.2, -0.15) is 11.8 Å². The zero-order valence-corrected chi connectivity index (χ0v) is 11.4. The van der Waals surface area contributed by atoms with Gasteiger partial charge in [-0.25, -0.2) is 0 Å². The molecular weight excluding hydrogens is 246 g/mol. The van der Waals surface area contributed by atoms with Gasteiger partial charge in [-0.3, -0.25) is 4.79 Å². The molecule has 4 heteroatoms. The van der Waals surface area contributed by atoms with Gasteiger partial charge in [-0.1, -0.05) is 12.8 Å². The van der Waals surface area contributed by atoms with E-state index in [9.17, 15) is 9.90 Å². The number of hydrogen-bond donors (Lipinski definition) is 2. The van der Waals surface area contributed by atoms with Crippen LogP contribution in [-0.4, -0.2) is 28.6 Å². The Morgan fingerprint density at radius 2 is 1.94 bits per heavy atom. The van der Waals surface area contributed by atoms with E-state index in [2.05, 4.69) is 11.6 Å². The van der Waals surface area contributed by atoms with Crippen LogP contribution in [0.25, 0.3) is 0 Å². The van der Waals surface area contributed by atoms with E-state index < -0.39 is 0 Å². The molecule has 0 aliphatic heterocycles. The van der Waals surface area contributed by atoms with E-state index in [1.54, 1.807) is 24.3 Å². The molecule has 1 amide bonds. The Hall–Kier alpha value is -1.16. The minimum atomic E-state index is -0.0408. The van der Waals surface area contributed by atoms with E-state index in [0.29, 0.717) is 10.8 Å². The Kier molecular flexibility index (Phi) is 4.53. The average molecular weight is 265 g/mol. The van der Waals surface area contributed by atoms with Crippen molar-refractivity contribution in [2.24, 2.45) is 0 Å². The molecule has 0 bridgehead atoms. The van der Waals surface area contributed by atoms with Gasteiger partial charge >= 0.3 is 0 Å². The fraction of sp³-hybridized carbons (Fsp3) is 0.500. The Bertz CT molecular complexity index is 405. The first-order chi connectivity index (χ1) is 8.70. The lowest BCUT2D eigenvalue weighted by molar-refractivity contribution is 0.0929. The molecule has 0 spiro atoms. The first-order valence-electron chi connectivity index (χ1n) is 6.33. The van der Waals surface area contributed by atoms with E-state index in [-0.39, 0.29) is 17.7 Å². The summed E-state index contributed by atoms with van der Waals surface area (Å²) in [4.78, 5) is 12.1. The topological polar surface area (TPSA) is 49.3 Å². The second-order valence-corrected chi connectivity index (χ2v) is 5.76. The smallest absolute Gasteiger partial charge is 0.251 e. The van der Waals surface area contributed by atoms with Gasteiger partial charge in [0, 0.05) is 16.9 Å². The molecule has 1 saturated carbocycles. The maximum Gasteiger partial charge on any atom is 0.251 e. The second kappa shape index (κ2) is 6.14. The van der Waals surface area contributed by atoms with E-state index in [4.69, 9.17) is 0 Å². The molecule has 3 nitrogen and oxygen atoms in total. The van der Waals surface area contributed by atoms with E-state index in [0.717, 1.165) is 6.42 Å². The molecule has 1 aliphatic carbocycles. The Morgan fingerprint density at radius 1 is 1.28 bits per heavy atom. The van der Waals surface area contributed by atoms with Crippen LogP contribution in [0.4, 0.5) is 0 Å². The van der Waals surface area contributed by atoms with Crippen molar-refractivity contribution < 1.29 is 9.90 Å². The zero-order chi connectivity index (χ0) is 13.0. The summed E-state index contributed by atoms with van der Waals surface area (Å²) >= 11 is 1.84. The second-order valence-electron chi connectivity index (χ2n) is 4.69. The van der Waals surface area contributed by atoms with Crippen LogP contribution in [0.3, 0.4) is 0 Å². The minimum Gasteiger partial charge on any atom is -0.508 e. The van der Waals surface area contributed by atoms with Crippen LogP contribution in [-0.2, 0) is 0 Å². The van der Waals surface area contributed by atoms with Crippen LogP contribution in [0.1, 0.15) is 36.0 Å². The van der Waals surface area contributed by atoms with Crippen LogP contribution < -0.4 is 5.32 Å². The van der Waals surface area contributed by atoms with Crippen LogP contribution >= 0.6 is 11.8 Å². The van der Waals surface area contributed by atoms with Gasteiger partial charge in [-0.15, -0.1) is 0 Å². The summed E-state index contributed by atoms with van der Waals surface area (Å²) < 4.78 is 0. The lowest BCUT2D eigenvalue weighted by Crippen LogP contribution is -2.43. The standard InChI is InChI=1S/C14H19NO2S/c1-18-13-5-3-2-4-12(13)15-14(17)10-6-8-11(16)9-7-10/h6-9,12-13,16H,2-5H2,1H3,(H,15,17). The van der Waals surface area contributed by atoms with Crippen LogP contribution in [0.5, 0.6) is 5.75 Å². The maximum absolute atomic E-state index is 12.1. The van der Waals surface area contributed by atoms with Gasteiger partial charge in [0.1, 0.15) is 5.75 Å². The van der Waals surface area contributed by atoms with Crippen molar-refractivity contribution in [1.29, 1.82) is 0 Å². The first-order valence-corrected chi connectivity index (χ1v) is 7.62. The van der Waals surface area contributed by atoms with Crippen LogP contribution in [0.2, 0.25) is 0 Å². The molecule has 2 atom stereocenters. The number of carbonyl (C=O) groups excluding carboxylic acids is 1. The lowest BCUT2D eigenvalue weighted by atomic mass is 9.94. The van der Waals surface area contributed by atoms with Crippen molar-refractivity contribution in [2.45, 2.75) is 37.0 Å². The highest BCUT2D eigenvalue weighted by Gasteiger charge is 2.25. The van der Waals surface area contributed by atoms with E-state index in [1.165, 1.54) is 19.3 Å². The summed E-state index contributed by atoms with van der Waals surface area (Å²) in [6.07, 6.45) is 6.81. The summed E-state index contributed by atoms with van der Waals surface area (Å²) in [5.74, 6) is 0.146. The normalized spacial score (nSPS) is 23.6. The molecule has 2 N–H and O–H groups in total. The summed E-state index contributed by atoms with van der Waals surface area (Å²) in [7, 11) is 0. The summed E-state index contributed by atoms with van der Waals surface area (Å²) in [6.45, 7) is 0. The van der Waals surface area contributed by atoms with Crippen LogP contribution in [0, 0.1) is 0 Å². The van der Waals surface area contributed by atoms with Crippen molar-refractivity contribution in [3.05, 3.63) is 29.8 Å². The fourth-order valence-corrected chi connectivity index (χ4v) is 3.34. The fourth-order valence-electron chi connectivity index (χ4n) is 2.41. The molecule has 1 aromatic carbocycles. The van der Waals surface area contributed by atoms with Crippen LogP contribution in [0.15, 0.2) is 24.3 Å². The van der Waals surface area contributed by atoms with Crippen molar-refractivity contribution in [2.75, 3.05) is 6.26 Å². The zero-order valence-electron chi connectivity index (χ0n) is 10.6. The monoisotopic (exact) mass is 265 g/mol. The molecule has 98 valence electrons. The van der Waals surface area contributed by atoms with Gasteiger partial charge in [0.05, 0.1) is 0 Å². The summed E-state index contributed by atoms with van der Waals surface area (Å²) in [5, 5.41) is 12.8. The average Bonchev–Trinajstić information content (AvgIpc) is 2.40. The molecule has 0 heterocycles. The lowest BCUT2D eigenvalue weighted by Gasteiger charge is -2.30. The number of rotatable bonds is 3. The number of nitrogens with one attached hydrogen (secondary N) is 1. The van der Waals surface area contributed by atoms with Crippen molar-refractivity contribution in [1.82, 2.24) is 5.32 Å². The quantitative estimate of drug-likeness (QED) is 0.883. The van der Waals surface area contributed by atoms with Crippen molar-refractivity contribution in [3.8, 4) is 5.75 Å². The highest BCUT2D eigenvalue weighted by Crippen LogP contribution is 2.27. The summed E-state index contributed by atoms with van der Waals surface area (Å²) in [6, 6.07) is 6.67. The van der Waals surface area contributed by atoms with Gasteiger partial charge in [0.25, 0.3) is 5.91 Å². The number of carbonyl (C=O) groups is 1. The van der Waals surface area contributed by atoms with Gasteiger partial charge in [0.15, 0.2) is 0 Å². The molecule has 18 heavy (non-hydrogen) atoms. The first kappa shape index (κ1) is 13.3. The molecule has 1 aliphatic rings. The third kappa shape index (κ3) is 3.19. The molecule has 1 aromatic rings. The Morgan fingerprint density at radius 3 is 2.61 bits per heavy atom. The molecule has 2 unspecified atom stereocenters. The third-order valence-electron chi connectivity index (χ3n) is 3.45. The van der Waals surface area contributed by atoms with Gasteiger partial charge in [-0.05, 0) is 43.4 Å². The molecule has 0 aromatic heterocycles. The highest BCUT2D eigenvalue weighted by atomic mass is 32.2. The van der Waals surface area contributed by atoms with Crippen molar-refractivity contribution in [3.63, 3.8) is 0 Å². The van der Waals surface area contributed by atoms with Gasteiger partial charge < -0.3 is 10.4 Å². The van der Waals surface area contributed by atoms with Gasteiger partial charge in [0.2, 0.25) is 0 Å². The number of phenolic OH excluding ortho intramolecular Hbond substituents is 1. The predicted molar refractivity (Wildman–Crippen MR) is 75.1 cm³/mol. The molecule has 1 fully saturated rings. The van der Waals surface area contributed by atoms with E-state index in [1.807, 2.05) is 11.8 Å². The molecule has 0 saturated heterocycles. The van der Waals surface area contributed by atoms with Crippen molar-refractivity contribution >= 4 is 17.7 Å². The number of hydrogen-bond acceptors (Lipinski definition) is 3. The number of aromatic hydroxyl groups is 1. The molecule has 0 radical (unpaired) electrons. The number of thioether (sulfide) groups is 1. The largest absolute Gasteiger partial charge is 0.508 e. The van der Waals surface area contributed by atoms with E-state index >= 15 is 0 Å². The third-order valence-corrected chi connectivity index (χ3v) is 4.62. The highest BCUT2D eigenvalue weighted by molar-refractivity contribution is 7.99. The Balaban J connectivity index is 1.99. The molecule has 2 rings (SSSR count). The predicted octanol–water partition coefficient (Wildman–Crippen LogP) is 2.80. The SMILES string of the molecule is CSC1CCCCC1NC(=O)c1ccc(O)cc1. The maximum atomic E-state index is 12.1. The number of phenols is 1. The summed E-state index contributed by atoms with van der Waals surface area (Å²) in [5.41, 5.74) is 0.609. The number of amides is 1. The number of benzene rings is 1. The Labute approximate surface area is 112 Å². The molecular formula is C14H19NO2S. The minimum absolute atomic E-state index is 0.0408.